The van der Waals surface area contributed by atoms with Gasteiger partial charge in [-0.05, 0) is 63.6 Å². The average molecular weight is 389 g/mol. The fourth-order valence-corrected chi connectivity index (χ4v) is 4.59. The van der Waals surface area contributed by atoms with Crippen LogP contribution in [0.15, 0.2) is 96.1 Å². The third-order valence-electron chi connectivity index (χ3n) is 6.03. The lowest BCUT2D eigenvalue weighted by Crippen LogP contribution is -2.18. The molecule has 0 radical (unpaired) electrons. The standard InChI is InChI=1S/C29H24O/c1-20-16-25(18-23-12-6-10-21-8-2-4-14-27(21)23)29(30)26(17-20)19-24-13-7-11-22-9-3-5-15-28(22)24/h2-15,18-20H,16-17H2,1H3. The van der Waals surface area contributed by atoms with Gasteiger partial charge < -0.3 is 0 Å². The van der Waals surface area contributed by atoms with Gasteiger partial charge in [-0.15, -0.1) is 0 Å². The SMILES string of the molecule is CC1CC(=Cc2cccc3ccccc23)C(=O)C(=Cc2cccc3ccccc23)C1. The molecule has 0 heterocycles. The van der Waals surface area contributed by atoms with Crippen molar-refractivity contribution in [3.05, 3.63) is 107 Å². The highest BCUT2D eigenvalue weighted by atomic mass is 16.1. The van der Waals surface area contributed by atoms with E-state index in [9.17, 15) is 4.79 Å². The van der Waals surface area contributed by atoms with Crippen molar-refractivity contribution < 1.29 is 4.79 Å². The maximum absolute atomic E-state index is 13.4. The van der Waals surface area contributed by atoms with Crippen molar-refractivity contribution in [1.29, 1.82) is 0 Å². The van der Waals surface area contributed by atoms with E-state index in [2.05, 4.69) is 104 Å². The predicted molar refractivity (Wildman–Crippen MR) is 127 cm³/mol. The van der Waals surface area contributed by atoms with Gasteiger partial charge in [0.25, 0.3) is 0 Å². The fraction of sp³-hybridized carbons (Fsp3) is 0.138. The van der Waals surface area contributed by atoms with Crippen LogP contribution in [0, 0.1) is 5.92 Å². The number of benzene rings is 4. The fourth-order valence-electron chi connectivity index (χ4n) is 4.59. The molecule has 1 aliphatic rings. The minimum Gasteiger partial charge on any atom is -0.289 e. The van der Waals surface area contributed by atoms with Crippen LogP contribution in [0.25, 0.3) is 33.7 Å². The second-order valence-electron chi connectivity index (χ2n) is 8.32. The molecule has 1 aliphatic carbocycles. The zero-order chi connectivity index (χ0) is 20.5. The number of hydrogen-bond acceptors (Lipinski definition) is 1. The van der Waals surface area contributed by atoms with E-state index in [0.29, 0.717) is 5.92 Å². The van der Waals surface area contributed by atoms with Crippen molar-refractivity contribution in [2.45, 2.75) is 19.8 Å². The summed E-state index contributed by atoms with van der Waals surface area (Å²) in [5.41, 5.74) is 4.07. The molecule has 0 atom stereocenters. The van der Waals surface area contributed by atoms with Gasteiger partial charge in [0.15, 0.2) is 5.78 Å². The minimum absolute atomic E-state index is 0.189. The van der Waals surface area contributed by atoms with E-state index in [4.69, 9.17) is 0 Å². The molecule has 1 saturated carbocycles. The highest BCUT2D eigenvalue weighted by Gasteiger charge is 2.25. The van der Waals surface area contributed by atoms with Gasteiger partial charge in [-0.2, -0.15) is 0 Å². The topological polar surface area (TPSA) is 17.1 Å². The summed E-state index contributed by atoms with van der Waals surface area (Å²) in [7, 11) is 0. The third kappa shape index (κ3) is 3.48. The van der Waals surface area contributed by atoms with Crippen molar-refractivity contribution in [3.8, 4) is 0 Å². The molecule has 30 heavy (non-hydrogen) atoms. The first kappa shape index (κ1) is 18.6. The predicted octanol–water partition coefficient (Wildman–Crippen LogP) is 7.46. The van der Waals surface area contributed by atoms with Crippen LogP contribution in [0.2, 0.25) is 0 Å². The highest BCUT2D eigenvalue weighted by molar-refractivity contribution is 6.15. The second kappa shape index (κ2) is 7.76. The van der Waals surface area contributed by atoms with Gasteiger partial charge in [0, 0.05) is 11.1 Å². The van der Waals surface area contributed by atoms with Crippen LogP contribution in [-0.2, 0) is 4.79 Å². The first-order valence-corrected chi connectivity index (χ1v) is 10.6. The minimum atomic E-state index is 0.189. The molecular formula is C29H24O. The van der Waals surface area contributed by atoms with Crippen molar-refractivity contribution in [3.63, 3.8) is 0 Å². The van der Waals surface area contributed by atoms with E-state index in [1.807, 2.05) is 0 Å². The van der Waals surface area contributed by atoms with E-state index in [-0.39, 0.29) is 5.78 Å². The number of hydrogen-bond donors (Lipinski definition) is 0. The van der Waals surface area contributed by atoms with Crippen LogP contribution in [0.5, 0.6) is 0 Å². The van der Waals surface area contributed by atoms with Crippen LogP contribution >= 0.6 is 0 Å². The summed E-state index contributed by atoms with van der Waals surface area (Å²) >= 11 is 0. The lowest BCUT2D eigenvalue weighted by Gasteiger charge is -2.23. The number of rotatable bonds is 2. The molecular weight excluding hydrogens is 364 g/mol. The summed E-state index contributed by atoms with van der Waals surface area (Å²) in [6, 6.07) is 29.3. The zero-order valence-corrected chi connectivity index (χ0v) is 17.1. The van der Waals surface area contributed by atoms with Crippen LogP contribution in [0.4, 0.5) is 0 Å². The first-order chi connectivity index (χ1) is 14.7. The Morgan fingerprint density at radius 3 is 1.57 bits per heavy atom. The van der Waals surface area contributed by atoms with Crippen LogP contribution < -0.4 is 0 Å². The molecule has 1 nitrogen and oxygen atoms in total. The summed E-state index contributed by atoms with van der Waals surface area (Å²) in [6.07, 6.45) is 5.87. The smallest absolute Gasteiger partial charge is 0.185 e. The van der Waals surface area contributed by atoms with Gasteiger partial charge in [-0.3, -0.25) is 4.79 Å². The van der Waals surface area contributed by atoms with Crippen molar-refractivity contribution >= 4 is 39.5 Å². The molecule has 0 aliphatic heterocycles. The maximum atomic E-state index is 13.4. The number of ketones is 1. The number of allylic oxidation sites excluding steroid dienone is 2. The molecule has 4 aromatic rings. The zero-order valence-electron chi connectivity index (χ0n) is 17.1. The van der Waals surface area contributed by atoms with E-state index >= 15 is 0 Å². The van der Waals surface area contributed by atoms with Crippen LogP contribution in [0.3, 0.4) is 0 Å². The van der Waals surface area contributed by atoms with Gasteiger partial charge in [-0.25, -0.2) is 0 Å². The summed E-state index contributed by atoms with van der Waals surface area (Å²) in [4.78, 5) is 13.4. The van der Waals surface area contributed by atoms with Gasteiger partial charge >= 0.3 is 0 Å². The van der Waals surface area contributed by atoms with Crippen LogP contribution in [-0.4, -0.2) is 5.78 Å². The lowest BCUT2D eigenvalue weighted by atomic mass is 9.80. The van der Waals surface area contributed by atoms with Crippen molar-refractivity contribution in [2.75, 3.05) is 0 Å². The molecule has 0 amide bonds. The van der Waals surface area contributed by atoms with E-state index in [1.54, 1.807) is 0 Å². The van der Waals surface area contributed by atoms with Crippen molar-refractivity contribution in [1.82, 2.24) is 0 Å². The van der Waals surface area contributed by atoms with E-state index in [1.165, 1.54) is 21.5 Å². The Hall–Kier alpha value is -3.45. The molecule has 0 aromatic heterocycles. The molecule has 1 heteroatoms. The third-order valence-corrected chi connectivity index (χ3v) is 6.03. The summed E-state index contributed by atoms with van der Waals surface area (Å²) in [6.45, 7) is 2.24. The monoisotopic (exact) mass is 388 g/mol. The quantitative estimate of drug-likeness (QED) is 0.326. The van der Waals surface area contributed by atoms with Gasteiger partial charge in [0.1, 0.15) is 0 Å². The molecule has 0 saturated heterocycles. The summed E-state index contributed by atoms with van der Waals surface area (Å²) < 4.78 is 0. The first-order valence-electron chi connectivity index (χ1n) is 10.6. The molecule has 146 valence electrons. The van der Waals surface area contributed by atoms with E-state index < -0.39 is 0 Å². The van der Waals surface area contributed by atoms with Gasteiger partial charge in [-0.1, -0.05) is 91.9 Å². The largest absolute Gasteiger partial charge is 0.289 e. The number of carbonyl (C=O) groups excluding carboxylic acids is 1. The molecule has 0 unspecified atom stereocenters. The number of fused-ring (bicyclic) bond motifs is 2. The van der Waals surface area contributed by atoms with Crippen molar-refractivity contribution in [2.24, 2.45) is 5.92 Å². The second-order valence-corrected chi connectivity index (χ2v) is 8.32. The van der Waals surface area contributed by atoms with Crippen LogP contribution in [0.1, 0.15) is 30.9 Å². The Balaban J connectivity index is 1.58. The Morgan fingerprint density at radius 1 is 0.633 bits per heavy atom. The maximum Gasteiger partial charge on any atom is 0.185 e. The Labute approximate surface area is 177 Å². The Kier molecular flexibility index (Phi) is 4.80. The Bertz CT molecular complexity index is 1210. The summed E-state index contributed by atoms with van der Waals surface area (Å²) in [5, 5.41) is 4.79. The normalized spacial score (nSPS) is 19.8. The van der Waals surface area contributed by atoms with Gasteiger partial charge in [0.05, 0.1) is 0 Å². The van der Waals surface area contributed by atoms with Gasteiger partial charge in [0.2, 0.25) is 0 Å². The Morgan fingerprint density at radius 2 is 1.07 bits per heavy atom. The summed E-state index contributed by atoms with van der Waals surface area (Å²) in [5.74, 6) is 0.638. The molecule has 1 fully saturated rings. The van der Waals surface area contributed by atoms with E-state index in [0.717, 1.165) is 35.1 Å². The molecule has 4 aromatic carbocycles. The average Bonchev–Trinajstić information content (AvgIpc) is 2.77. The highest BCUT2D eigenvalue weighted by Crippen LogP contribution is 2.34. The molecule has 0 bridgehead atoms. The number of Topliss-reactive ketones (excluding diaryl/α,β-unsaturated/α-hetero) is 1. The molecule has 0 N–H and O–H groups in total. The molecule has 5 rings (SSSR count). The number of carbonyl (C=O) groups is 1. The molecule has 0 spiro atoms. The lowest BCUT2D eigenvalue weighted by molar-refractivity contribution is -0.113.